The van der Waals surface area contributed by atoms with E-state index in [4.69, 9.17) is 16.3 Å². The van der Waals surface area contributed by atoms with Crippen molar-refractivity contribution in [1.82, 2.24) is 4.31 Å². The van der Waals surface area contributed by atoms with Gasteiger partial charge in [0.1, 0.15) is 18.5 Å². The first kappa shape index (κ1) is 20.2. The van der Waals surface area contributed by atoms with Crippen LogP contribution in [0.5, 0.6) is 5.75 Å². The van der Waals surface area contributed by atoms with Gasteiger partial charge in [-0.05, 0) is 55.0 Å². The average molecular weight is 449 g/mol. The van der Waals surface area contributed by atoms with Crippen molar-refractivity contribution in [2.75, 3.05) is 20.2 Å². The SMILES string of the molecule is Cc1cc(OC[C@H](O)CN(C)S(=O)(=O)c2ccc(Br)cc2)ccc1Cl. The lowest BCUT2D eigenvalue weighted by Gasteiger charge is -2.21. The summed E-state index contributed by atoms with van der Waals surface area (Å²) in [5, 5.41) is 10.7. The second-order valence-electron chi connectivity index (χ2n) is 5.62. The normalized spacial score (nSPS) is 13.0. The number of nitrogens with zero attached hydrogens (tertiary/aromatic N) is 1. The lowest BCUT2D eigenvalue weighted by molar-refractivity contribution is 0.0935. The minimum atomic E-state index is -3.67. The number of aryl methyl sites for hydroxylation is 1. The van der Waals surface area contributed by atoms with E-state index in [0.717, 1.165) is 14.3 Å². The highest BCUT2D eigenvalue weighted by atomic mass is 79.9. The van der Waals surface area contributed by atoms with Gasteiger partial charge in [0.25, 0.3) is 0 Å². The molecule has 0 radical (unpaired) electrons. The second-order valence-corrected chi connectivity index (χ2v) is 8.98. The Bertz CT molecular complexity index is 827. The maximum Gasteiger partial charge on any atom is 0.242 e. The molecule has 0 aliphatic heterocycles. The molecule has 0 amide bonds. The summed E-state index contributed by atoms with van der Waals surface area (Å²) in [6.45, 7) is 1.75. The van der Waals surface area contributed by atoms with Gasteiger partial charge in [-0.25, -0.2) is 8.42 Å². The molecule has 2 aromatic rings. The molecule has 1 atom stereocenters. The zero-order chi connectivity index (χ0) is 18.6. The van der Waals surface area contributed by atoms with Gasteiger partial charge < -0.3 is 9.84 Å². The summed E-state index contributed by atoms with van der Waals surface area (Å²) in [7, 11) is -2.24. The number of aliphatic hydroxyl groups is 1. The quantitative estimate of drug-likeness (QED) is 0.704. The van der Waals surface area contributed by atoms with Crippen molar-refractivity contribution in [3.8, 4) is 5.75 Å². The summed E-state index contributed by atoms with van der Waals surface area (Å²) in [5.74, 6) is 0.569. The molecule has 0 saturated carbocycles. The predicted molar refractivity (Wildman–Crippen MR) is 102 cm³/mol. The van der Waals surface area contributed by atoms with Gasteiger partial charge >= 0.3 is 0 Å². The molecule has 0 fully saturated rings. The highest BCUT2D eigenvalue weighted by Crippen LogP contribution is 2.21. The molecule has 25 heavy (non-hydrogen) atoms. The molecule has 0 heterocycles. The fourth-order valence-corrected chi connectivity index (χ4v) is 3.72. The number of rotatable bonds is 7. The number of hydrogen-bond acceptors (Lipinski definition) is 4. The van der Waals surface area contributed by atoms with Crippen molar-refractivity contribution in [3.05, 3.63) is 57.5 Å². The molecule has 136 valence electrons. The summed E-state index contributed by atoms with van der Waals surface area (Å²) < 4.78 is 32.4. The standard InChI is InChI=1S/C17H19BrClNO4S/c1-12-9-15(5-8-17(12)19)24-11-14(21)10-20(2)25(22,23)16-6-3-13(18)4-7-16/h3-9,14,21H,10-11H2,1-2H3/t14-/m1/s1. The molecule has 0 aliphatic rings. The Labute approximate surface area is 161 Å². The third-order valence-electron chi connectivity index (χ3n) is 3.56. The number of sulfonamides is 1. The van der Waals surface area contributed by atoms with Gasteiger partial charge in [0, 0.05) is 23.1 Å². The lowest BCUT2D eigenvalue weighted by atomic mass is 10.2. The van der Waals surface area contributed by atoms with E-state index in [1.54, 1.807) is 30.3 Å². The molecule has 8 heteroatoms. The van der Waals surface area contributed by atoms with Crippen molar-refractivity contribution in [3.63, 3.8) is 0 Å². The summed E-state index contributed by atoms with van der Waals surface area (Å²) in [5.41, 5.74) is 0.864. The second kappa shape index (κ2) is 8.51. The zero-order valence-corrected chi connectivity index (χ0v) is 17.0. The molecule has 0 saturated heterocycles. The first-order chi connectivity index (χ1) is 11.7. The van der Waals surface area contributed by atoms with Crippen LogP contribution in [0.4, 0.5) is 0 Å². The summed E-state index contributed by atoms with van der Waals surface area (Å²) in [4.78, 5) is 0.166. The Kier molecular flexibility index (Phi) is 6.87. The molecule has 1 N–H and O–H groups in total. The van der Waals surface area contributed by atoms with Gasteiger partial charge in [0.05, 0.1) is 4.90 Å². The predicted octanol–water partition coefficient (Wildman–Crippen LogP) is 3.47. The molecule has 0 bridgehead atoms. The summed E-state index contributed by atoms with van der Waals surface area (Å²) >= 11 is 9.22. The third kappa shape index (κ3) is 5.43. The fourth-order valence-electron chi connectivity index (χ4n) is 2.13. The lowest BCUT2D eigenvalue weighted by Crippen LogP contribution is -2.37. The summed E-state index contributed by atoms with van der Waals surface area (Å²) in [6, 6.07) is 11.5. The Balaban J connectivity index is 1.95. The molecule has 2 aromatic carbocycles. The van der Waals surface area contributed by atoms with Gasteiger partial charge in [-0.2, -0.15) is 4.31 Å². The molecule has 0 aliphatic carbocycles. The van der Waals surface area contributed by atoms with Gasteiger partial charge in [-0.3, -0.25) is 0 Å². The first-order valence-corrected chi connectivity index (χ1v) is 10.1. The van der Waals surface area contributed by atoms with Crippen LogP contribution in [0.25, 0.3) is 0 Å². The number of benzene rings is 2. The van der Waals surface area contributed by atoms with E-state index in [0.29, 0.717) is 10.8 Å². The molecule has 2 rings (SSSR count). The van der Waals surface area contributed by atoms with Crippen LogP contribution < -0.4 is 4.74 Å². The van der Waals surface area contributed by atoms with Crippen molar-refractivity contribution >= 4 is 37.6 Å². The van der Waals surface area contributed by atoms with E-state index >= 15 is 0 Å². The van der Waals surface area contributed by atoms with Crippen LogP contribution >= 0.6 is 27.5 Å². The van der Waals surface area contributed by atoms with E-state index in [1.165, 1.54) is 19.2 Å². The number of ether oxygens (including phenoxy) is 1. The molecular weight excluding hydrogens is 430 g/mol. The highest BCUT2D eigenvalue weighted by molar-refractivity contribution is 9.10. The Morgan fingerprint density at radius 1 is 1.24 bits per heavy atom. The van der Waals surface area contributed by atoms with E-state index in [-0.39, 0.29) is 18.0 Å². The maximum absolute atomic E-state index is 12.5. The van der Waals surface area contributed by atoms with Crippen molar-refractivity contribution in [2.45, 2.75) is 17.9 Å². The number of halogens is 2. The van der Waals surface area contributed by atoms with Crippen LogP contribution in [-0.4, -0.2) is 44.1 Å². The minimum absolute atomic E-state index is 0.0265. The Morgan fingerprint density at radius 2 is 1.88 bits per heavy atom. The van der Waals surface area contributed by atoms with Gasteiger partial charge in [-0.1, -0.05) is 27.5 Å². The van der Waals surface area contributed by atoms with Crippen LogP contribution in [0.3, 0.4) is 0 Å². The molecule has 0 aromatic heterocycles. The molecule has 5 nitrogen and oxygen atoms in total. The highest BCUT2D eigenvalue weighted by Gasteiger charge is 2.23. The van der Waals surface area contributed by atoms with E-state index in [9.17, 15) is 13.5 Å². The third-order valence-corrected chi connectivity index (χ3v) is 6.35. The van der Waals surface area contributed by atoms with E-state index in [1.807, 2.05) is 6.92 Å². The first-order valence-electron chi connectivity index (χ1n) is 7.49. The fraction of sp³-hybridized carbons (Fsp3) is 0.294. The minimum Gasteiger partial charge on any atom is -0.491 e. The monoisotopic (exact) mass is 447 g/mol. The van der Waals surface area contributed by atoms with Gasteiger partial charge in [-0.15, -0.1) is 0 Å². The molecule has 0 unspecified atom stereocenters. The van der Waals surface area contributed by atoms with Crippen molar-refractivity contribution in [1.29, 1.82) is 0 Å². The van der Waals surface area contributed by atoms with Gasteiger partial charge in [0.2, 0.25) is 10.0 Å². The number of aliphatic hydroxyl groups excluding tert-OH is 1. The Morgan fingerprint density at radius 3 is 2.48 bits per heavy atom. The number of hydrogen-bond donors (Lipinski definition) is 1. The van der Waals surface area contributed by atoms with Crippen LogP contribution in [-0.2, 0) is 10.0 Å². The number of likely N-dealkylation sites (N-methyl/N-ethyl adjacent to an activating group) is 1. The van der Waals surface area contributed by atoms with E-state index in [2.05, 4.69) is 15.9 Å². The van der Waals surface area contributed by atoms with Crippen LogP contribution in [0.15, 0.2) is 51.8 Å². The maximum atomic E-state index is 12.5. The molecular formula is C17H19BrClNO4S. The molecule has 0 spiro atoms. The van der Waals surface area contributed by atoms with Crippen LogP contribution in [0.2, 0.25) is 5.02 Å². The van der Waals surface area contributed by atoms with Gasteiger partial charge in [0.15, 0.2) is 0 Å². The van der Waals surface area contributed by atoms with E-state index < -0.39 is 16.1 Å². The summed E-state index contributed by atoms with van der Waals surface area (Å²) in [6.07, 6.45) is -0.966. The topological polar surface area (TPSA) is 66.8 Å². The smallest absolute Gasteiger partial charge is 0.242 e. The van der Waals surface area contributed by atoms with Crippen molar-refractivity contribution in [2.24, 2.45) is 0 Å². The zero-order valence-electron chi connectivity index (χ0n) is 13.8. The average Bonchev–Trinajstić information content (AvgIpc) is 2.56. The van der Waals surface area contributed by atoms with Crippen LogP contribution in [0, 0.1) is 6.92 Å². The largest absolute Gasteiger partial charge is 0.491 e. The van der Waals surface area contributed by atoms with Crippen molar-refractivity contribution < 1.29 is 18.3 Å². The Hall–Kier alpha value is -1.12. The van der Waals surface area contributed by atoms with Crippen LogP contribution in [0.1, 0.15) is 5.56 Å².